The van der Waals surface area contributed by atoms with Crippen molar-refractivity contribution >= 4 is 5.91 Å². The van der Waals surface area contributed by atoms with E-state index < -0.39 is 0 Å². The second-order valence-corrected chi connectivity index (χ2v) is 5.33. The SMILES string of the molecule is CCCCN1CCC(NC(=O)C2CNC2)CC1. The van der Waals surface area contributed by atoms with E-state index in [-0.39, 0.29) is 11.8 Å². The summed E-state index contributed by atoms with van der Waals surface area (Å²) < 4.78 is 0. The van der Waals surface area contributed by atoms with E-state index in [1.165, 1.54) is 19.4 Å². The maximum Gasteiger partial charge on any atom is 0.225 e. The Morgan fingerprint density at radius 1 is 1.35 bits per heavy atom. The number of hydrogen-bond acceptors (Lipinski definition) is 3. The number of amides is 1. The molecule has 2 fully saturated rings. The van der Waals surface area contributed by atoms with Crippen molar-refractivity contribution in [3.05, 3.63) is 0 Å². The summed E-state index contributed by atoms with van der Waals surface area (Å²) in [5.74, 6) is 0.490. The highest BCUT2D eigenvalue weighted by molar-refractivity contribution is 5.80. The van der Waals surface area contributed by atoms with E-state index in [0.717, 1.165) is 39.0 Å². The third kappa shape index (κ3) is 3.68. The first-order valence-electron chi connectivity index (χ1n) is 7.03. The molecule has 0 atom stereocenters. The highest BCUT2D eigenvalue weighted by Crippen LogP contribution is 2.12. The van der Waals surface area contributed by atoms with Crippen LogP contribution >= 0.6 is 0 Å². The maximum atomic E-state index is 11.8. The largest absolute Gasteiger partial charge is 0.353 e. The van der Waals surface area contributed by atoms with Crippen molar-refractivity contribution in [3.8, 4) is 0 Å². The molecular formula is C13H25N3O. The molecule has 4 nitrogen and oxygen atoms in total. The molecule has 0 bridgehead atoms. The summed E-state index contributed by atoms with van der Waals surface area (Å²) in [6, 6.07) is 0.418. The second-order valence-electron chi connectivity index (χ2n) is 5.33. The van der Waals surface area contributed by atoms with Crippen molar-refractivity contribution in [1.29, 1.82) is 0 Å². The Morgan fingerprint density at radius 2 is 2.06 bits per heavy atom. The van der Waals surface area contributed by atoms with Crippen molar-refractivity contribution in [2.24, 2.45) is 5.92 Å². The summed E-state index contributed by atoms with van der Waals surface area (Å²) in [5.41, 5.74) is 0. The molecule has 98 valence electrons. The van der Waals surface area contributed by atoms with E-state index in [1.807, 2.05) is 0 Å². The molecule has 0 radical (unpaired) electrons. The van der Waals surface area contributed by atoms with Gasteiger partial charge in [0, 0.05) is 32.2 Å². The Kier molecular flexibility index (Phi) is 4.80. The molecule has 0 saturated carbocycles. The average molecular weight is 239 g/mol. The first-order chi connectivity index (χ1) is 8.29. The van der Waals surface area contributed by atoms with Crippen LogP contribution in [0.3, 0.4) is 0 Å². The van der Waals surface area contributed by atoms with E-state index in [2.05, 4.69) is 22.5 Å². The Labute approximate surface area is 104 Å². The molecule has 2 rings (SSSR count). The minimum Gasteiger partial charge on any atom is -0.353 e. The van der Waals surface area contributed by atoms with Crippen LogP contribution in [0.5, 0.6) is 0 Å². The van der Waals surface area contributed by atoms with Gasteiger partial charge in [0.2, 0.25) is 5.91 Å². The lowest BCUT2D eigenvalue weighted by atomic mass is 9.99. The monoisotopic (exact) mass is 239 g/mol. The van der Waals surface area contributed by atoms with Crippen LogP contribution in [0.1, 0.15) is 32.6 Å². The number of nitrogens with one attached hydrogen (secondary N) is 2. The topological polar surface area (TPSA) is 44.4 Å². The van der Waals surface area contributed by atoms with Crippen LogP contribution in [0.4, 0.5) is 0 Å². The highest BCUT2D eigenvalue weighted by atomic mass is 16.2. The minimum absolute atomic E-state index is 0.230. The van der Waals surface area contributed by atoms with Crippen molar-refractivity contribution in [2.45, 2.75) is 38.6 Å². The molecule has 0 aromatic rings. The van der Waals surface area contributed by atoms with E-state index in [9.17, 15) is 4.79 Å². The molecule has 0 aromatic carbocycles. The van der Waals surface area contributed by atoms with Crippen molar-refractivity contribution in [1.82, 2.24) is 15.5 Å². The third-order valence-corrected chi connectivity index (χ3v) is 3.91. The van der Waals surface area contributed by atoms with E-state index in [0.29, 0.717) is 6.04 Å². The van der Waals surface area contributed by atoms with Gasteiger partial charge in [0.25, 0.3) is 0 Å². The third-order valence-electron chi connectivity index (χ3n) is 3.91. The molecule has 2 aliphatic rings. The summed E-state index contributed by atoms with van der Waals surface area (Å²) in [5, 5.41) is 6.33. The number of likely N-dealkylation sites (tertiary alicyclic amines) is 1. The van der Waals surface area contributed by atoms with Crippen LogP contribution in [0.25, 0.3) is 0 Å². The van der Waals surface area contributed by atoms with E-state index in [4.69, 9.17) is 0 Å². The fraction of sp³-hybridized carbons (Fsp3) is 0.923. The quantitative estimate of drug-likeness (QED) is 0.738. The summed E-state index contributed by atoms with van der Waals surface area (Å²) in [6.45, 7) is 7.48. The normalized spacial score (nSPS) is 23.4. The zero-order valence-electron chi connectivity index (χ0n) is 10.9. The molecule has 0 spiro atoms. The lowest BCUT2D eigenvalue weighted by molar-refractivity contribution is -0.127. The van der Waals surface area contributed by atoms with Gasteiger partial charge in [0.05, 0.1) is 5.92 Å². The molecule has 17 heavy (non-hydrogen) atoms. The van der Waals surface area contributed by atoms with Gasteiger partial charge < -0.3 is 15.5 Å². The first-order valence-corrected chi connectivity index (χ1v) is 7.03. The van der Waals surface area contributed by atoms with E-state index >= 15 is 0 Å². The minimum atomic E-state index is 0.230. The Morgan fingerprint density at radius 3 is 2.59 bits per heavy atom. The molecule has 2 N–H and O–H groups in total. The number of rotatable bonds is 5. The molecule has 0 aromatic heterocycles. The number of carbonyl (C=O) groups is 1. The van der Waals surface area contributed by atoms with Crippen LogP contribution in [-0.4, -0.2) is 49.6 Å². The lowest BCUT2D eigenvalue weighted by Crippen LogP contribution is -2.54. The number of carbonyl (C=O) groups excluding carboxylic acids is 1. The zero-order chi connectivity index (χ0) is 12.1. The molecule has 0 aliphatic carbocycles. The number of piperidine rings is 1. The molecule has 2 heterocycles. The Hall–Kier alpha value is -0.610. The molecular weight excluding hydrogens is 214 g/mol. The second kappa shape index (κ2) is 6.36. The summed E-state index contributed by atoms with van der Waals surface area (Å²) in [4.78, 5) is 14.3. The van der Waals surface area contributed by atoms with Gasteiger partial charge in [-0.25, -0.2) is 0 Å². The summed E-state index contributed by atoms with van der Waals surface area (Å²) >= 11 is 0. The first kappa shape index (κ1) is 12.8. The van der Waals surface area contributed by atoms with Crippen LogP contribution in [0, 0.1) is 5.92 Å². The smallest absolute Gasteiger partial charge is 0.225 e. The van der Waals surface area contributed by atoms with Gasteiger partial charge in [-0.15, -0.1) is 0 Å². The Bertz CT molecular complexity index is 245. The van der Waals surface area contributed by atoms with Crippen molar-refractivity contribution in [2.75, 3.05) is 32.7 Å². The van der Waals surface area contributed by atoms with Gasteiger partial charge in [-0.05, 0) is 25.8 Å². The van der Waals surface area contributed by atoms with Crippen LogP contribution in [-0.2, 0) is 4.79 Å². The van der Waals surface area contributed by atoms with Crippen LogP contribution in [0.2, 0.25) is 0 Å². The molecule has 2 saturated heterocycles. The standard InChI is InChI=1S/C13H25N3O/c1-2-3-6-16-7-4-12(5-8-16)15-13(17)11-9-14-10-11/h11-12,14H,2-10H2,1H3,(H,15,17). The summed E-state index contributed by atoms with van der Waals surface area (Å²) in [6.07, 6.45) is 4.81. The van der Waals surface area contributed by atoms with Gasteiger partial charge in [0.15, 0.2) is 0 Å². The predicted molar refractivity (Wildman–Crippen MR) is 68.9 cm³/mol. The summed E-state index contributed by atoms with van der Waals surface area (Å²) in [7, 11) is 0. The maximum absolute atomic E-state index is 11.8. The molecule has 0 unspecified atom stereocenters. The van der Waals surface area contributed by atoms with Crippen molar-refractivity contribution < 1.29 is 4.79 Å². The van der Waals surface area contributed by atoms with Gasteiger partial charge >= 0.3 is 0 Å². The average Bonchev–Trinajstić information content (AvgIpc) is 2.26. The fourth-order valence-corrected chi connectivity index (χ4v) is 2.48. The van der Waals surface area contributed by atoms with Gasteiger partial charge in [-0.3, -0.25) is 4.79 Å². The zero-order valence-corrected chi connectivity index (χ0v) is 10.9. The lowest BCUT2D eigenvalue weighted by Gasteiger charge is -2.34. The van der Waals surface area contributed by atoms with Gasteiger partial charge in [0.1, 0.15) is 0 Å². The number of hydrogen-bond donors (Lipinski definition) is 2. The van der Waals surface area contributed by atoms with E-state index in [1.54, 1.807) is 0 Å². The molecule has 1 amide bonds. The van der Waals surface area contributed by atoms with Crippen molar-refractivity contribution in [3.63, 3.8) is 0 Å². The fourth-order valence-electron chi connectivity index (χ4n) is 2.48. The number of unbranched alkanes of at least 4 members (excludes halogenated alkanes) is 1. The van der Waals surface area contributed by atoms with Gasteiger partial charge in [-0.2, -0.15) is 0 Å². The molecule has 4 heteroatoms. The molecule has 2 aliphatic heterocycles. The van der Waals surface area contributed by atoms with Gasteiger partial charge in [-0.1, -0.05) is 13.3 Å². The van der Waals surface area contributed by atoms with Crippen LogP contribution in [0.15, 0.2) is 0 Å². The highest BCUT2D eigenvalue weighted by Gasteiger charge is 2.27. The Balaban J connectivity index is 1.63. The predicted octanol–water partition coefficient (Wildman–Crippen LogP) is 0.587. The van der Waals surface area contributed by atoms with Crippen LogP contribution < -0.4 is 10.6 Å². The number of nitrogens with zero attached hydrogens (tertiary/aromatic N) is 1.